The van der Waals surface area contributed by atoms with Gasteiger partial charge in [0.15, 0.2) is 0 Å². The van der Waals surface area contributed by atoms with Crippen molar-refractivity contribution < 1.29 is 9.13 Å². The van der Waals surface area contributed by atoms with Crippen molar-refractivity contribution in [3.63, 3.8) is 0 Å². The molecular formula is C25H20BrClFN3O. The van der Waals surface area contributed by atoms with Crippen molar-refractivity contribution in [2.75, 3.05) is 5.32 Å². The Balaban J connectivity index is 1.50. The van der Waals surface area contributed by atoms with Crippen molar-refractivity contribution in [2.45, 2.75) is 26.0 Å². The summed E-state index contributed by atoms with van der Waals surface area (Å²) >= 11 is 9.73. The lowest BCUT2D eigenvalue weighted by atomic mass is 9.95. The molecule has 0 radical (unpaired) electrons. The van der Waals surface area contributed by atoms with Crippen LogP contribution in [0, 0.1) is 5.82 Å². The molecule has 1 aliphatic rings. The second kappa shape index (κ2) is 7.94. The van der Waals surface area contributed by atoms with Crippen LogP contribution in [-0.2, 0) is 12.1 Å². The van der Waals surface area contributed by atoms with Crippen LogP contribution in [0.1, 0.15) is 25.1 Å². The molecule has 0 bridgehead atoms. The third kappa shape index (κ3) is 3.78. The van der Waals surface area contributed by atoms with Crippen LogP contribution in [-0.4, -0.2) is 9.97 Å². The molecule has 7 heteroatoms. The Kier molecular flexibility index (Phi) is 5.22. The second-order valence-electron chi connectivity index (χ2n) is 8.21. The fourth-order valence-electron chi connectivity index (χ4n) is 3.89. The molecule has 162 valence electrons. The highest BCUT2D eigenvalue weighted by Gasteiger charge is 2.36. The average molecular weight is 513 g/mol. The molecule has 32 heavy (non-hydrogen) atoms. The van der Waals surface area contributed by atoms with Crippen LogP contribution in [0.15, 0.2) is 65.1 Å². The number of hydrogen-bond donors (Lipinski definition) is 2. The van der Waals surface area contributed by atoms with Crippen molar-refractivity contribution in [1.29, 1.82) is 0 Å². The number of ether oxygens (including phenoxy) is 1. The van der Waals surface area contributed by atoms with Crippen molar-refractivity contribution in [2.24, 2.45) is 0 Å². The minimum atomic E-state index is -0.671. The minimum absolute atomic E-state index is 0.258. The lowest BCUT2D eigenvalue weighted by molar-refractivity contribution is 0.101. The molecule has 1 aromatic heterocycles. The topological polar surface area (TPSA) is 49.9 Å². The lowest BCUT2D eigenvalue weighted by Gasteiger charge is -2.32. The van der Waals surface area contributed by atoms with Gasteiger partial charge in [-0.1, -0.05) is 45.7 Å². The Hall–Kier alpha value is -2.83. The predicted molar refractivity (Wildman–Crippen MR) is 130 cm³/mol. The van der Waals surface area contributed by atoms with Gasteiger partial charge >= 0.3 is 0 Å². The summed E-state index contributed by atoms with van der Waals surface area (Å²) in [5.74, 6) is 0.691. The van der Waals surface area contributed by atoms with E-state index in [1.807, 2.05) is 44.2 Å². The third-order valence-electron chi connectivity index (χ3n) is 5.52. The molecule has 0 saturated carbocycles. The summed E-state index contributed by atoms with van der Waals surface area (Å²) < 4.78 is 21.9. The molecule has 0 amide bonds. The quantitative estimate of drug-likeness (QED) is 0.297. The van der Waals surface area contributed by atoms with Gasteiger partial charge in [-0.2, -0.15) is 0 Å². The molecule has 5 rings (SSSR count). The standard InChI is InChI=1S/C25H20BrClFN3O/c1-25(2)23-22(30-24(31-23)21-18(27)4-3-5-19(21)28)17-11-10-16(12-20(17)32-25)29-13-14-6-8-15(26)9-7-14/h3-12,29H,13H2,1-2H3,(H,30,31). The van der Waals surface area contributed by atoms with E-state index >= 15 is 0 Å². The molecule has 0 saturated heterocycles. The summed E-state index contributed by atoms with van der Waals surface area (Å²) in [5.41, 5.74) is 4.08. The number of rotatable bonds is 4. The van der Waals surface area contributed by atoms with Gasteiger partial charge in [-0.05, 0) is 55.8 Å². The molecule has 4 nitrogen and oxygen atoms in total. The van der Waals surface area contributed by atoms with Crippen LogP contribution in [0.2, 0.25) is 5.02 Å². The molecule has 0 unspecified atom stereocenters. The molecule has 0 spiro atoms. The first-order valence-electron chi connectivity index (χ1n) is 10.2. The number of imidazole rings is 1. The van der Waals surface area contributed by atoms with Crippen molar-refractivity contribution in [3.8, 4) is 28.4 Å². The number of aromatic amines is 1. The average Bonchev–Trinajstić information content (AvgIpc) is 3.19. The molecule has 0 aliphatic carbocycles. The number of nitrogens with one attached hydrogen (secondary N) is 2. The Bertz CT molecular complexity index is 1300. The van der Waals surface area contributed by atoms with E-state index in [1.54, 1.807) is 12.1 Å². The Morgan fingerprint density at radius 1 is 1.12 bits per heavy atom. The number of hydrogen-bond acceptors (Lipinski definition) is 3. The maximum Gasteiger partial charge on any atom is 0.145 e. The number of H-pyrrole nitrogens is 1. The van der Waals surface area contributed by atoms with Gasteiger partial charge in [-0.25, -0.2) is 9.37 Å². The van der Waals surface area contributed by atoms with Crippen LogP contribution in [0.4, 0.5) is 10.1 Å². The van der Waals surface area contributed by atoms with Crippen LogP contribution in [0.3, 0.4) is 0 Å². The lowest BCUT2D eigenvalue weighted by Crippen LogP contribution is -2.29. The maximum atomic E-state index is 14.5. The predicted octanol–water partition coefficient (Wildman–Crippen LogP) is 7.54. The first-order valence-corrected chi connectivity index (χ1v) is 11.4. The van der Waals surface area contributed by atoms with Crippen molar-refractivity contribution in [3.05, 3.63) is 87.2 Å². The summed E-state index contributed by atoms with van der Waals surface area (Å²) in [4.78, 5) is 7.97. The van der Waals surface area contributed by atoms with Crippen molar-refractivity contribution in [1.82, 2.24) is 9.97 Å². The van der Waals surface area contributed by atoms with Gasteiger partial charge in [0, 0.05) is 28.3 Å². The normalized spacial score (nSPS) is 13.8. The number of halogens is 3. The van der Waals surface area contributed by atoms with Crippen molar-refractivity contribution >= 4 is 33.2 Å². The van der Waals surface area contributed by atoms with Crippen LogP contribution in [0.5, 0.6) is 5.75 Å². The van der Waals surface area contributed by atoms with Crippen LogP contribution < -0.4 is 10.1 Å². The Morgan fingerprint density at radius 2 is 1.91 bits per heavy atom. The van der Waals surface area contributed by atoms with E-state index in [0.29, 0.717) is 17.4 Å². The minimum Gasteiger partial charge on any atom is -0.481 e. The fraction of sp³-hybridized carbons (Fsp3) is 0.160. The molecule has 0 atom stereocenters. The smallest absolute Gasteiger partial charge is 0.145 e. The number of fused-ring (bicyclic) bond motifs is 3. The number of benzene rings is 3. The monoisotopic (exact) mass is 511 g/mol. The van der Waals surface area contributed by atoms with Gasteiger partial charge in [0.05, 0.1) is 22.0 Å². The molecule has 0 fully saturated rings. The zero-order chi connectivity index (χ0) is 22.5. The Morgan fingerprint density at radius 3 is 2.66 bits per heavy atom. The fourth-order valence-corrected chi connectivity index (χ4v) is 4.41. The number of anilines is 1. The van der Waals surface area contributed by atoms with E-state index in [9.17, 15) is 4.39 Å². The molecule has 1 aliphatic heterocycles. The van der Waals surface area contributed by atoms with E-state index in [-0.39, 0.29) is 5.56 Å². The van der Waals surface area contributed by atoms with E-state index in [2.05, 4.69) is 38.4 Å². The second-order valence-corrected chi connectivity index (χ2v) is 9.53. The number of nitrogens with zero attached hydrogens (tertiary/aromatic N) is 1. The summed E-state index contributed by atoms with van der Waals surface area (Å²) in [6.45, 7) is 4.61. The van der Waals surface area contributed by atoms with E-state index in [4.69, 9.17) is 21.3 Å². The Labute approximate surface area is 198 Å². The largest absolute Gasteiger partial charge is 0.481 e. The molecule has 4 aromatic rings. The third-order valence-corrected chi connectivity index (χ3v) is 6.36. The first-order chi connectivity index (χ1) is 15.3. The summed E-state index contributed by atoms with van der Waals surface area (Å²) in [6, 6.07) is 18.7. The maximum absolute atomic E-state index is 14.5. The van der Waals surface area contributed by atoms with Crippen LogP contribution in [0.25, 0.3) is 22.6 Å². The van der Waals surface area contributed by atoms with E-state index in [1.165, 1.54) is 11.6 Å². The molecular weight excluding hydrogens is 493 g/mol. The highest BCUT2D eigenvalue weighted by atomic mass is 79.9. The van der Waals surface area contributed by atoms with Gasteiger partial charge in [0.2, 0.25) is 0 Å². The van der Waals surface area contributed by atoms with E-state index in [0.717, 1.165) is 32.9 Å². The summed E-state index contributed by atoms with van der Waals surface area (Å²) in [7, 11) is 0. The van der Waals surface area contributed by atoms with Crippen LogP contribution >= 0.6 is 27.5 Å². The van der Waals surface area contributed by atoms with Gasteiger partial charge in [-0.3, -0.25) is 0 Å². The molecule has 2 heterocycles. The zero-order valence-electron chi connectivity index (χ0n) is 17.5. The zero-order valence-corrected chi connectivity index (χ0v) is 19.8. The first kappa shape index (κ1) is 21.0. The van der Waals surface area contributed by atoms with Gasteiger partial charge < -0.3 is 15.0 Å². The summed E-state index contributed by atoms with van der Waals surface area (Å²) in [6.07, 6.45) is 0. The highest BCUT2D eigenvalue weighted by Crippen LogP contribution is 2.46. The van der Waals surface area contributed by atoms with Gasteiger partial charge in [0.1, 0.15) is 23.0 Å². The molecule has 2 N–H and O–H groups in total. The summed E-state index contributed by atoms with van der Waals surface area (Å²) in [5, 5.41) is 3.75. The SMILES string of the molecule is CC1(C)Oc2cc(NCc3ccc(Br)cc3)ccc2-c2nc(-c3c(F)cccc3Cl)[nH]c21. The van der Waals surface area contributed by atoms with Gasteiger partial charge in [-0.15, -0.1) is 0 Å². The molecule has 3 aromatic carbocycles. The number of aromatic nitrogens is 2. The van der Waals surface area contributed by atoms with Gasteiger partial charge in [0.25, 0.3) is 0 Å². The highest BCUT2D eigenvalue weighted by molar-refractivity contribution is 9.10. The van der Waals surface area contributed by atoms with E-state index < -0.39 is 11.4 Å².